The van der Waals surface area contributed by atoms with Gasteiger partial charge in [-0.05, 0) is 25.7 Å². The van der Waals surface area contributed by atoms with Crippen LogP contribution < -0.4 is 5.32 Å². The van der Waals surface area contributed by atoms with Crippen molar-refractivity contribution in [1.82, 2.24) is 5.32 Å². The molecule has 2 rings (SSSR count). The number of hydrogen-bond donors (Lipinski definition) is 2. The van der Waals surface area contributed by atoms with Gasteiger partial charge in [-0.25, -0.2) is 0 Å². The maximum Gasteiger partial charge on any atom is 0.226 e. The van der Waals surface area contributed by atoms with Crippen molar-refractivity contribution in [3.8, 4) is 0 Å². The minimum absolute atomic E-state index is 0.00123. The van der Waals surface area contributed by atoms with Crippen molar-refractivity contribution >= 4 is 5.91 Å². The van der Waals surface area contributed by atoms with Gasteiger partial charge in [-0.2, -0.15) is 0 Å². The summed E-state index contributed by atoms with van der Waals surface area (Å²) in [6.07, 6.45) is 7.98. The summed E-state index contributed by atoms with van der Waals surface area (Å²) < 4.78 is 0. The van der Waals surface area contributed by atoms with Crippen molar-refractivity contribution in [2.24, 2.45) is 5.41 Å². The van der Waals surface area contributed by atoms with Gasteiger partial charge < -0.3 is 10.4 Å². The molecule has 0 saturated heterocycles. The number of carbonyl (C=O) groups is 1. The van der Waals surface area contributed by atoms with Crippen LogP contribution in [0.3, 0.4) is 0 Å². The second-order valence-corrected chi connectivity index (χ2v) is 5.70. The number of carbonyl (C=O) groups excluding carboxylic acids is 1. The molecule has 1 amide bonds. The lowest BCUT2D eigenvalue weighted by Crippen LogP contribution is -2.49. The zero-order valence-electron chi connectivity index (χ0n) is 10.2. The number of hydrogen-bond acceptors (Lipinski definition) is 2. The first kappa shape index (κ1) is 11.9. The first-order valence-corrected chi connectivity index (χ1v) is 6.61. The lowest BCUT2D eigenvalue weighted by molar-refractivity contribution is -0.131. The molecule has 92 valence electrons. The van der Waals surface area contributed by atoms with Crippen molar-refractivity contribution < 1.29 is 9.90 Å². The largest absolute Gasteiger partial charge is 0.391 e. The fourth-order valence-electron chi connectivity index (χ4n) is 3.00. The Hall–Kier alpha value is -0.570. The van der Waals surface area contributed by atoms with Crippen molar-refractivity contribution in [2.45, 2.75) is 70.4 Å². The van der Waals surface area contributed by atoms with Crippen LogP contribution in [-0.2, 0) is 4.79 Å². The SMILES string of the molecule is CC1(C(=O)N[C@H]2CCCC[C@@H]2O)CCCC1. The Labute approximate surface area is 97.6 Å². The molecule has 0 aromatic heterocycles. The summed E-state index contributed by atoms with van der Waals surface area (Å²) in [6.45, 7) is 2.06. The van der Waals surface area contributed by atoms with E-state index in [0.29, 0.717) is 0 Å². The predicted molar refractivity (Wildman–Crippen MR) is 63.0 cm³/mol. The van der Waals surface area contributed by atoms with E-state index in [-0.39, 0.29) is 23.5 Å². The van der Waals surface area contributed by atoms with E-state index in [1.54, 1.807) is 0 Å². The van der Waals surface area contributed by atoms with Gasteiger partial charge in [0.25, 0.3) is 0 Å². The maximum absolute atomic E-state index is 12.2. The fraction of sp³-hybridized carbons (Fsp3) is 0.923. The molecule has 2 atom stereocenters. The second-order valence-electron chi connectivity index (χ2n) is 5.70. The Morgan fingerprint density at radius 2 is 1.81 bits per heavy atom. The Kier molecular flexibility index (Phi) is 3.53. The van der Waals surface area contributed by atoms with E-state index in [2.05, 4.69) is 12.2 Å². The molecule has 0 aromatic carbocycles. The van der Waals surface area contributed by atoms with Gasteiger partial charge in [0.2, 0.25) is 5.91 Å². The van der Waals surface area contributed by atoms with Gasteiger partial charge in [0, 0.05) is 5.41 Å². The molecule has 2 fully saturated rings. The second kappa shape index (κ2) is 4.74. The molecule has 0 spiro atoms. The van der Waals surface area contributed by atoms with E-state index in [9.17, 15) is 9.90 Å². The molecule has 0 unspecified atom stereocenters. The average Bonchev–Trinajstić information content (AvgIpc) is 2.70. The average molecular weight is 225 g/mol. The summed E-state index contributed by atoms with van der Waals surface area (Å²) in [4.78, 5) is 12.2. The molecule has 3 heteroatoms. The molecule has 2 saturated carbocycles. The summed E-state index contributed by atoms with van der Waals surface area (Å²) in [5, 5.41) is 12.9. The molecule has 2 aliphatic carbocycles. The topological polar surface area (TPSA) is 49.3 Å². The number of rotatable bonds is 2. The van der Waals surface area contributed by atoms with E-state index in [4.69, 9.17) is 0 Å². The van der Waals surface area contributed by atoms with Gasteiger partial charge in [-0.15, -0.1) is 0 Å². The molecule has 0 aromatic rings. The fourth-order valence-corrected chi connectivity index (χ4v) is 3.00. The van der Waals surface area contributed by atoms with Gasteiger partial charge in [0.1, 0.15) is 0 Å². The number of aliphatic hydroxyl groups is 1. The lowest BCUT2D eigenvalue weighted by atomic mass is 9.86. The predicted octanol–water partition coefficient (Wildman–Crippen LogP) is 1.99. The smallest absolute Gasteiger partial charge is 0.226 e. The van der Waals surface area contributed by atoms with Crippen LogP contribution in [-0.4, -0.2) is 23.2 Å². The van der Waals surface area contributed by atoms with Crippen molar-refractivity contribution in [3.63, 3.8) is 0 Å². The van der Waals surface area contributed by atoms with Crippen LogP contribution in [0.4, 0.5) is 0 Å². The van der Waals surface area contributed by atoms with E-state index in [1.807, 2.05) is 0 Å². The molecule has 2 N–H and O–H groups in total. The van der Waals surface area contributed by atoms with Crippen molar-refractivity contribution in [1.29, 1.82) is 0 Å². The summed E-state index contributed by atoms with van der Waals surface area (Å²) in [5.74, 6) is 0.163. The van der Waals surface area contributed by atoms with Crippen molar-refractivity contribution in [3.05, 3.63) is 0 Å². The number of aliphatic hydroxyl groups excluding tert-OH is 1. The van der Waals surface area contributed by atoms with Crippen LogP contribution in [0.15, 0.2) is 0 Å². The zero-order chi connectivity index (χ0) is 11.6. The lowest BCUT2D eigenvalue weighted by Gasteiger charge is -2.32. The zero-order valence-corrected chi connectivity index (χ0v) is 10.2. The minimum Gasteiger partial charge on any atom is -0.391 e. The summed E-state index contributed by atoms with van der Waals surface area (Å²) in [7, 11) is 0. The van der Waals surface area contributed by atoms with Gasteiger partial charge in [-0.3, -0.25) is 4.79 Å². The van der Waals surface area contributed by atoms with Crippen molar-refractivity contribution in [2.75, 3.05) is 0 Å². The number of nitrogens with one attached hydrogen (secondary N) is 1. The van der Waals surface area contributed by atoms with Crippen LogP contribution in [0.25, 0.3) is 0 Å². The first-order valence-electron chi connectivity index (χ1n) is 6.61. The Bertz CT molecular complexity index is 259. The Balaban J connectivity index is 1.90. The third-order valence-corrected chi connectivity index (χ3v) is 4.30. The highest BCUT2D eigenvalue weighted by Crippen LogP contribution is 2.38. The molecule has 2 aliphatic rings. The Morgan fingerprint density at radius 3 is 2.44 bits per heavy atom. The molecule has 0 radical (unpaired) electrons. The van der Waals surface area contributed by atoms with Gasteiger partial charge in [-0.1, -0.05) is 32.6 Å². The minimum atomic E-state index is -0.331. The van der Waals surface area contributed by atoms with Crippen LogP contribution in [0.1, 0.15) is 58.3 Å². The van der Waals surface area contributed by atoms with E-state index < -0.39 is 0 Å². The summed E-state index contributed by atoms with van der Waals surface area (Å²) in [6, 6.07) is -0.00123. The van der Waals surface area contributed by atoms with Gasteiger partial charge >= 0.3 is 0 Å². The summed E-state index contributed by atoms with van der Waals surface area (Å²) >= 11 is 0. The molecular formula is C13H23NO2. The third kappa shape index (κ3) is 2.40. The third-order valence-electron chi connectivity index (χ3n) is 4.30. The van der Waals surface area contributed by atoms with E-state index >= 15 is 0 Å². The highest BCUT2D eigenvalue weighted by Gasteiger charge is 2.38. The van der Waals surface area contributed by atoms with Gasteiger partial charge in [0.15, 0.2) is 0 Å². The molecule has 0 aliphatic heterocycles. The van der Waals surface area contributed by atoms with Gasteiger partial charge in [0.05, 0.1) is 12.1 Å². The van der Waals surface area contributed by atoms with Crippen LogP contribution in [0.2, 0.25) is 0 Å². The monoisotopic (exact) mass is 225 g/mol. The van der Waals surface area contributed by atoms with E-state index in [0.717, 1.165) is 51.4 Å². The quantitative estimate of drug-likeness (QED) is 0.755. The number of amides is 1. The van der Waals surface area contributed by atoms with Crippen LogP contribution in [0.5, 0.6) is 0 Å². The highest BCUT2D eigenvalue weighted by molar-refractivity contribution is 5.82. The normalized spacial score (nSPS) is 33.6. The van der Waals surface area contributed by atoms with Crippen LogP contribution in [0, 0.1) is 5.41 Å². The van der Waals surface area contributed by atoms with E-state index in [1.165, 1.54) is 0 Å². The maximum atomic E-state index is 12.2. The molecule has 0 heterocycles. The van der Waals surface area contributed by atoms with Crippen LogP contribution >= 0.6 is 0 Å². The molecule has 3 nitrogen and oxygen atoms in total. The standard InChI is InChI=1S/C13H23NO2/c1-13(8-4-5-9-13)12(16)14-10-6-2-3-7-11(10)15/h10-11,15H,2-9H2,1H3,(H,14,16)/t10-,11-/m0/s1. The molecule has 0 bridgehead atoms. The first-order chi connectivity index (χ1) is 7.62. The summed E-state index contributed by atoms with van der Waals surface area (Å²) in [5.41, 5.74) is -0.169. The molecule has 16 heavy (non-hydrogen) atoms. The Morgan fingerprint density at radius 1 is 1.19 bits per heavy atom. The highest BCUT2D eigenvalue weighted by atomic mass is 16.3. The molecular weight excluding hydrogens is 202 g/mol.